The molecule has 1 aliphatic rings. The van der Waals surface area contributed by atoms with Crippen molar-refractivity contribution in [1.82, 2.24) is 9.88 Å². The van der Waals surface area contributed by atoms with Gasteiger partial charge in [-0.25, -0.2) is 9.59 Å². The molecule has 1 saturated heterocycles. The number of amides is 1. The van der Waals surface area contributed by atoms with E-state index in [0.29, 0.717) is 22.9 Å². The molecule has 1 fully saturated rings. The second-order valence-corrected chi connectivity index (χ2v) is 11.2. The molecular weight excluding hydrogens is 596 g/mol. The lowest BCUT2D eigenvalue weighted by Gasteiger charge is -2.43. The molecule has 15 nitrogen and oxygen atoms in total. The summed E-state index contributed by atoms with van der Waals surface area (Å²) >= 11 is 0. The molecular formula is C30H38N2O13. The van der Waals surface area contributed by atoms with Crippen molar-refractivity contribution in [3.8, 4) is 5.75 Å². The SMILES string of the molecule is COC(=O)[C@H]1O[C@@H](Oc2ccc3c(c2)c(CCNC(C)=O)cn3C(=O)OC(C)(C)C)[C@H](OC(C)=O)[C@@H](OC(C)=O)[C@@H]1OC(C)=O. The number of fused-ring (bicyclic) bond motifs is 1. The molecule has 0 aliphatic carbocycles. The van der Waals surface area contributed by atoms with E-state index >= 15 is 0 Å². The highest BCUT2D eigenvalue weighted by molar-refractivity contribution is 5.93. The average molecular weight is 635 g/mol. The normalized spacial score (nSPS) is 21.3. The molecule has 5 atom stereocenters. The van der Waals surface area contributed by atoms with Crippen LogP contribution in [0.1, 0.15) is 54.0 Å². The fourth-order valence-electron chi connectivity index (χ4n) is 4.69. The molecule has 1 aliphatic heterocycles. The van der Waals surface area contributed by atoms with Crippen LogP contribution < -0.4 is 10.1 Å². The second-order valence-electron chi connectivity index (χ2n) is 11.2. The van der Waals surface area contributed by atoms with Gasteiger partial charge in [-0.15, -0.1) is 0 Å². The number of nitrogens with zero attached hydrogens (tertiary/aromatic N) is 1. The van der Waals surface area contributed by atoms with Gasteiger partial charge in [-0.3, -0.25) is 23.7 Å². The summed E-state index contributed by atoms with van der Waals surface area (Å²) in [5.41, 5.74) is 0.363. The van der Waals surface area contributed by atoms with Crippen LogP contribution in [0.5, 0.6) is 5.75 Å². The lowest BCUT2D eigenvalue weighted by molar-refractivity contribution is -0.282. The van der Waals surface area contributed by atoms with E-state index in [1.807, 2.05) is 0 Å². The van der Waals surface area contributed by atoms with Crippen molar-refractivity contribution >= 4 is 46.8 Å². The number of hydrogen-bond acceptors (Lipinski definition) is 13. The summed E-state index contributed by atoms with van der Waals surface area (Å²) in [6, 6.07) is 4.67. The molecule has 1 N–H and O–H groups in total. The number of hydrogen-bond donors (Lipinski definition) is 1. The summed E-state index contributed by atoms with van der Waals surface area (Å²) in [5.74, 6) is -3.52. The molecule has 0 radical (unpaired) electrons. The molecule has 1 aromatic carbocycles. The molecule has 246 valence electrons. The van der Waals surface area contributed by atoms with Crippen molar-refractivity contribution in [1.29, 1.82) is 0 Å². The number of esters is 4. The summed E-state index contributed by atoms with van der Waals surface area (Å²) in [4.78, 5) is 73.4. The molecule has 1 amide bonds. The monoisotopic (exact) mass is 634 g/mol. The van der Waals surface area contributed by atoms with Crippen LogP contribution in [0.3, 0.4) is 0 Å². The molecule has 0 bridgehead atoms. The molecule has 0 saturated carbocycles. The summed E-state index contributed by atoms with van der Waals surface area (Å²) in [6.45, 7) is 10.1. The Labute approximate surface area is 259 Å². The highest BCUT2D eigenvalue weighted by Gasteiger charge is 2.55. The number of nitrogens with one attached hydrogen (secondary N) is 1. The van der Waals surface area contributed by atoms with Gasteiger partial charge in [0.15, 0.2) is 18.3 Å². The van der Waals surface area contributed by atoms with Crippen LogP contribution in [0.15, 0.2) is 24.4 Å². The maximum atomic E-state index is 13.0. The summed E-state index contributed by atoms with van der Waals surface area (Å²) < 4.78 is 39.7. The zero-order valence-corrected chi connectivity index (χ0v) is 26.4. The van der Waals surface area contributed by atoms with E-state index in [1.54, 1.807) is 39.1 Å². The smallest absolute Gasteiger partial charge is 0.419 e. The number of benzene rings is 1. The molecule has 2 aromatic rings. The van der Waals surface area contributed by atoms with Gasteiger partial charge < -0.3 is 38.5 Å². The Hall–Kier alpha value is -4.66. The Bertz CT molecular complexity index is 1460. The van der Waals surface area contributed by atoms with Crippen molar-refractivity contribution in [2.75, 3.05) is 13.7 Å². The van der Waals surface area contributed by atoms with Gasteiger partial charge in [0, 0.05) is 45.8 Å². The molecule has 0 spiro atoms. The lowest BCUT2D eigenvalue weighted by atomic mass is 9.97. The Balaban J connectivity index is 2.09. The van der Waals surface area contributed by atoms with Crippen molar-refractivity contribution in [3.05, 3.63) is 30.0 Å². The van der Waals surface area contributed by atoms with Gasteiger partial charge in [-0.05, 0) is 51.0 Å². The predicted molar refractivity (Wildman–Crippen MR) is 154 cm³/mol. The first-order chi connectivity index (χ1) is 21.0. The molecule has 45 heavy (non-hydrogen) atoms. The number of aromatic nitrogens is 1. The zero-order valence-electron chi connectivity index (χ0n) is 26.4. The summed E-state index contributed by atoms with van der Waals surface area (Å²) in [7, 11) is 1.08. The topological polar surface area (TPSA) is 184 Å². The zero-order chi connectivity index (χ0) is 33.6. The van der Waals surface area contributed by atoms with Crippen LogP contribution >= 0.6 is 0 Å². The number of carbonyl (C=O) groups is 6. The molecule has 1 aromatic heterocycles. The Morgan fingerprint density at radius 3 is 2.04 bits per heavy atom. The molecule has 0 unspecified atom stereocenters. The number of rotatable bonds is 9. The molecule has 3 rings (SSSR count). The highest BCUT2D eigenvalue weighted by atomic mass is 16.7. The largest absolute Gasteiger partial charge is 0.467 e. The van der Waals surface area contributed by atoms with Crippen LogP contribution in [0.4, 0.5) is 4.79 Å². The average Bonchev–Trinajstić information content (AvgIpc) is 3.27. The van der Waals surface area contributed by atoms with E-state index in [-0.39, 0.29) is 18.2 Å². The Kier molecular flexibility index (Phi) is 11.2. The van der Waals surface area contributed by atoms with Crippen LogP contribution in [-0.2, 0) is 58.8 Å². The van der Waals surface area contributed by atoms with Gasteiger partial charge in [-0.2, -0.15) is 0 Å². The Morgan fingerprint density at radius 2 is 1.49 bits per heavy atom. The van der Waals surface area contributed by atoms with E-state index in [2.05, 4.69) is 5.32 Å². The van der Waals surface area contributed by atoms with Gasteiger partial charge in [0.1, 0.15) is 11.4 Å². The quantitative estimate of drug-likeness (QED) is 0.313. The first-order valence-corrected chi connectivity index (χ1v) is 14.0. The first kappa shape index (κ1) is 34.8. The van der Waals surface area contributed by atoms with Crippen molar-refractivity contribution in [3.63, 3.8) is 0 Å². The van der Waals surface area contributed by atoms with E-state index in [0.717, 1.165) is 27.9 Å². The lowest BCUT2D eigenvalue weighted by Crippen LogP contribution is -2.64. The van der Waals surface area contributed by atoms with E-state index < -0.39 is 66.3 Å². The maximum absolute atomic E-state index is 13.0. The fourth-order valence-corrected chi connectivity index (χ4v) is 4.69. The summed E-state index contributed by atoms with van der Waals surface area (Å²) in [5, 5.41) is 3.27. The van der Waals surface area contributed by atoms with Crippen molar-refractivity contribution in [2.24, 2.45) is 0 Å². The predicted octanol–water partition coefficient (Wildman–Crippen LogP) is 2.17. The number of ether oxygens (including phenoxy) is 7. The van der Waals surface area contributed by atoms with Gasteiger partial charge in [0.25, 0.3) is 0 Å². The number of carbonyl (C=O) groups excluding carboxylic acids is 6. The fraction of sp³-hybridized carbons (Fsp3) is 0.533. The van der Waals surface area contributed by atoms with E-state index in [9.17, 15) is 28.8 Å². The van der Waals surface area contributed by atoms with E-state index in [4.69, 9.17) is 33.2 Å². The minimum atomic E-state index is -1.63. The second kappa shape index (κ2) is 14.4. The number of methoxy groups -OCH3 is 1. The standard InChI is InChI=1S/C30H38N2O13/c1-15(33)31-12-11-19-14-32(29(38)45-30(5,6)7)22-10-9-20(13-21(19)22)43-28-26(42-18(4)36)24(41-17(3)35)23(40-16(2)34)25(44-28)27(37)39-8/h9-10,13-14,23-26,28H,11-12H2,1-8H3,(H,31,33)/t23-,24-,25-,26+,28+/m0/s1. The van der Waals surface area contributed by atoms with Crippen LogP contribution in [0.25, 0.3) is 10.9 Å². The minimum absolute atomic E-state index is 0.142. The third-order valence-electron chi connectivity index (χ3n) is 6.30. The third kappa shape index (κ3) is 9.17. The Morgan fingerprint density at radius 1 is 0.889 bits per heavy atom. The minimum Gasteiger partial charge on any atom is -0.467 e. The van der Waals surface area contributed by atoms with Crippen LogP contribution in [-0.4, -0.2) is 90.4 Å². The van der Waals surface area contributed by atoms with Gasteiger partial charge >= 0.3 is 30.0 Å². The van der Waals surface area contributed by atoms with Gasteiger partial charge in [0.05, 0.1) is 12.6 Å². The third-order valence-corrected chi connectivity index (χ3v) is 6.30. The van der Waals surface area contributed by atoms with Crippen LogP contribution in [0, 0.1) is 0 Å². The van der Waals surface area contributed by atoms with Gasteiger partial charge in [0.2, 0.25) is 18.3 Å². The van der Waals surface area contributed by atoms with Crippen LogP contribution in [0.2, 0.25) is 0 Å². The molecule has 2 heterocycles. The van der Waals surface area contributed by atoms with E-state index in [1.165, 1.54) is 17.6 Å². The van der Waals surface area contributed by atoms with Crippen molar-refractivity contribution < 1.29 is 61.9 Å². The van der Waals surface area contributed by atoms with Gasteiger partial charge in [-0.1, -0.05) is 0 Å². The summed E-state index contributed by atoms with van der Waals surface area (Å²) in [6.07, 6.45) is -6.47. The van der Waals surface area contributed by atoms with Crippen molar-refractivity contribution in [2.45, 2.75) is 91.2 Å². The molecule has 15 heteroatoms. The first-order valence-electron chi connectivity index (χ1n) is 14.0. The maximum Gasteiger partial charge on any atom is 0.419 e. The highest BCUT2D eigenvalue weighted by Crippen LogP contribution is 2.33.